The lowest BCUT2D eigenvalue weighted by Gasteiger charge is -2.10. The summed E-state index contributed by atoms with van der Waals surface area (Å²) in [6.07, 6.45) is 6.91. The molecule has 1 heterocycles. The summed E-state index contributed by atoms with van der Waals surface area (Å²) in [5, 5.41) is 14.4. The van der Waals surface area contributed by atoms with Crippen LogP contribution < -0.4 is 11.5 Å². The van der Waals surface area contributed by atoms with E-state index in [0.717, 1.165) is 12.8 Å². The summed E-state index contributed by atoms with van der Waals surface area (Å²) in [5.41, 5.74) is 12.5. The van der Waals surface area contributed by atoms with E-state index < -0.39 is 5.91 Å². The smallest absolute Gasteiger partial charge is 0.254 e. The number of carbonyl (C=O) groups excluding carboxylic acids is 1. The van der Waals surface area contributed by atoms with Gasteiger partial charge in [-0.2, -0.15) is 5.10 Å². The second kappa shape index (κ2) is 8.38. The summed E-state index contributed by atoms with van der Waals surface area (Å²) in [4.78, 5) is 11.8. The molecular formula is C18H26N4O2. The number of hydrogen-bond acceptors (Lipinski definition) is 4. The molecule has 2 aromatic rings. The number of amides is 1. The van der Waals surface area contributed by atoms with Gasteiger partial charge in [-0.3, -0.25) is 9.48 Å². The molecule has 0 saturated heterocycles. The number of rotatable bonds is 9. The van der Waals surface area contributed by atoms with Crippen LogP contribution in [0.1, 0.15) is 55.8 Å². The van der Waals surface area contributed by atoms with Gasteiger partial charge in [0.05, 0.1) is 5.69 Å². The number of aromatic nitrogens is 2. The first-order chi connectivity index (χ1) is 11.6. The zero-order valence-corrected chi connectivity index (χ0v) is 14.2. The van der Waals surface area contributed by atoms with Crippen molar-refractivity contribution < 1.29 is 9.90 Å². The number of aryl methyl sites for hydroxylation is 1. The molecule has 0 saturated carbocycles. The van der Waals surface area contributed by atoms with Gasteiger partial charge >= 0.3 is 0 Å². The first kappa shape index (κ1) is 17.8. The van der Waals surface area contributed by atoms with Crippen molar-refractivity contribution in [3.05, 3.63) is 29.8 Å². The van der Waals surface area contributed by atoms with Gasteiger partial charge in [-0.25, -0.2) is 0 Å². The van der Waals surface area contributed by atoms with Crippen molar-refractivity contribution in [3.8, 4) is 17.0 Å². The van der Waals surface area contributed by atoms with E-state index in [-0.39, 0.29) is 17.1 Å². The van der Waals surface area contributed by atoms with Crippen LogP contribution in [0, 0.1) is 0 Å². The van der Waals surface area contributed by atoms with Crippen molar-refractivity contribution in [1.29, 1.82) is 0 Å². The molecule has 0 fully saturated rings. The molecule has 0 aliphatic rings. The van der Waals surface area contributed by atoms with E-state index in [4.69, 9.17) is 11.5 Å². The number of nitrogens with two attached hydrogens (primary N) is 2. The molecule has 24 heavy (non-hydrogen) atoms. The Morgan fingerprint density at radius 2 is 1.83 bits per heavy atom. The second-order valence-electron chi connectivity index (χ2n) is 5.98. The summed E-state index contributed by atoms with van der Waals surface area (Å²) < 4.78 is 1.68. The van der Waals surface area contributed by atoms with E-state index in [2.05, 4.69) is 12.0 Å². The lowest BCUT2D eigenvalue weighted by atomic mass is 10.1. The van der Waals surface area contributed by atoms with Crippen molar-refractivity contribution >= 4 is 11.7 Å². The van der Waals surface area contributed by atoms with Crippen molar-refractivity contribution in [2.24, 2.45) is 5.73 Å². The minimum absolute atomic E-state index is 0.0732. The summed E-state index contributed by atoms with van der Waals surface area (Å²) in [5.74, 6) is -0.462. The van der Waals surface area contributed by atoms with E-state index in [9.17, 15) is 9.90 Å². The molecule has 0 unspecified atom stereocenters. The molecule has 2 rings (SSSR count). The molecule has 6 nitrogen and oxygen atoms in total. The van der Waals surface area contributed by atoms with Gasteiger partial charge in [0.25, 0.3) is 5.91 Å². The lowest BCUT2D eigenvalue weighted by molar-refractivity contribution is 0.100. The van der Waals surface area contributed by atoms with Gasteiger partial charge in [0.15, 0.2) is 5.82 Å². The number of para-hydroxylation sites is 1. The first-order valence-corrected chi connectivity index (χ1v) is 8.50. The predicted molar refractivity (Wildman–Crippen MR) is 95.6 cm³/mol. The van der Waals surface area contributed by atoms with Gasteiger partial charge in [0.1, 0.15) is 11.3 Å². The van der Waals surface area contributed by atoms with Crippen LogP contribution in [-0.2, 0) is 6.54 Å². The minimum Gasteiger partial charge on any atom is -0.507 e. The first-order valence-electron chi connectivity index (χ1n) is 8.50. The number of primary amides is 1. The highest BCUT2D eigenvalue weighted by molar-refractivity contribution is 6.03. The number of unbranched alkanes of at least 4 members (excludes halogenated alkanes) is 5. The Kier molecular flexibility index (Phi) is 6.23. The third kappa shape index (κ3) is 4.07. The molecule has 0 bridgehead atoms. The summed E-state index contributed by atoms with van der Waals surface area (Å²) >= 11 is 0. The molecule has 1 aromatic carbocycles. The van der Waals surface area contributed by atoms with Crippen molar-refractivity contribution in [2.45, 2.75) is 52.0 Å². The van der Waals surface area contributed by atoms with Crippen LogP contribution in [0.4, 0.5) is 5.82 Å². The summed E-state index contributed by atoms with van der Waals surface area (Å²) in [6, 6.07) is 6.81. The van der Waals surface area contributed by atoms with Gasteiger partial charge in [0, 0.05) is 12.1 Å². The Hall–Kier alpha value is -2.50. The molecule has 0 aliphatic carbocycles. The third-order valence-electron chi connectivity index (χ3n) is 4.11. The molecule has 6 heteroatoms. The van der Waals surface area contributed by atoms with Gasteiger partial charge in [-0.15, -0.1) is 0 Å². The van der Waals surface area contributed by atoms with Crippen LogP contribution >= 0.6 is 0 Å². The standard InChI is InChI=1S/C18H26N4O2/c1-2-3-4-5-6-9-12-22-16(13-10-7-8-11-14(13)23)15(18(20)24)17(19)21-22/h7-8,10-11,23H,2-6,9,12H2,1H3,(H2,19,21)(H2,20,24). The quantitative estimate of drug-likeness (QED) is 0.613. The number of hydrogen-bond donors (Lipinski definition) is 3. The van der Waals surface area contributed by atoms with Crippen molar-refractivity contribution in [2.75, 3.05) is 5.73 Å². The SMILES string of the molecule is CCCCCCCCn1nc(N)c(C(N)=O)c1-c1ccccc1O. The maximum Gasteiger partial charge on any atom is 0.254 e. The number of benzene rings is 1. The number of aromatic hydroxyl groups is 1. The maximum absolute atomic E-state index is 11.8. The normalized spacial score (nSPS) is 10.9. The average molecular weight is 330 g/mol. The van der Waals surface area contributed by atoms with Gasteiger partial charge in [-0.1, -0.05) is 51.2 Å². The fraction of sp³-hybridized carbons (Fsp3) is 0.444. The highest BCUT2D eigenvalue weighted by Crippen LogP contribution is 2.34. The molecular weight excluding hydrogens is 304 g/mol. The Balaban J connectivity index is 2.24. The van der Waals surface area contributed by atoms with Crippen LogP contribution in [0.15, 0.2) is 24.3 Å². The van der Waals surface area contributed by atoms with Gasteiger partial charge < -0.3 is 16.6 Å². The minimum atomic E-state index is -0.639. The van der Waals surface area contributed by atoms with Crippen LogP contribution in [0.2, 0.25) is 0 Å². The van der Waals surface area contributed by atoms with E-state index in [1.54, 1.807) is 28.9 Å². The largest absolute Gasteiger partial charge is 0.507 e. The molecule has 130 valence electrons. The van der Waals surface area contributed by atoms with E-state index in [1.165, 1.54) is 25.7 Å². The number of nitrogen functional groups attached to an aromatic ring is 1. The Morgan fingerprint density at radius 3 is 2.50 bits per heavy atom. The summed E-state index contributed by atoms with van der Waals surface area (Å²) in [6.45, 7) is 2.82. The van der Waals surface area contributed by atoms with Crippen LogP contribution in [-0.4, -0.2) is 20.8 Å². The Labute approximate surface area is 142 Å². The lowest BCUT2D eigenvalue weighted by Crippen LogP contribution is -2.14. The number of carbonyl (C=O) groups is 1. The highest BCUT2D eigenvalue weighted by Gasteiger charge is 2.23. The average Bonchev–Trinajstić information content (AvgIpc) is 2.87. The monoisotopic (exact) mass is 330 g/mol. The molecule has 0 atom stereocenters. The third-order valence-corrected chi connectivity index (χ3v) is 4.11. The Bertz CT molecular complexity index is 694. The number of phenols is 1. The molecule has 0 aliphatic heterocycles. The Morgan fingerprint density at radius 1 is 1.17 bits per heavy atom. The maximum atomic E-state index is 11.8. The molecule has 1 aromatic heterocycles. The van der Waals surface area contributed by atoms with E-state index in [0.29, 0.717) is 17.8 Å². The van der Waals surface area contributed by atoms with Crippen LogP contribution in [0.5, 0.6) is 5.75 Å². The molecule has 1 amide bonds. The van der Waals surface area contributed by atoms with E-state index in [1.807, 2.05) is 0 Å². The van der Waals surface area contributed by atoms with Crippen molar-refractivity contribution in [1.82, 2.24) is 9.78 Å². The van der Waals surface area contributed by atoms with Gasteiger partial charge in [0.2, 0.25) is 0 Å². The zero-order chi connectivity index (χ0) is 17.5. The highest BCUT2D eigenvalue weighted by atomic mass is 16.3. The van der Waals surface area contributed by atoms with Crippen LogP contribution in [0.25, 0.3) is 11.3 Å². The summed E-state index contributed by atoms with van der Waals surface area (Å²) in [7, 11) is 0. The van der Waals surface area contributed by atoms with Crippen molar-refractivity contribution in [3.63, 3.8) is 0 Å². The second-order valence-corrected chi connectivity index (χ2v) is 5.98. The fourth-order valence-corrected chi connectivity index (χ4v) is 2.87. The topological polar surface area (TPSA) is 107 Å². The number of nitrogens with zero attached hydrogens (tertiary/aromatic N) is 2. The fourth-order valence-electron chi connectivity index (χ4n) is 2.87. The molecule has 0 radical (unpaired) electrons. The molecule has 0 spiro atoms. The molecule has 5 N–H and O–H groups in total. The number of anilines is 1. The van der Waals surface area contributed by atoms with E-state index >= 15 is 0 Å². The zero-order valence-electron chi connectivity index (χ0n) is 14.2. The number of phenolic OH excluding ortho intramolecular Hbond substituents is 1. The predicted octanol–water partition coefficient (Wildman–Crippen LogP) is 3.30. The van der Waals surface area contributed by atoms with Gasteiger partial charge in [-0.05, 0) is 18.6 Å². The van der Waals surface area contributed by atoms with Crippen LogP contribution in [0.3, 0.4) is 0 Å².